The van der Waals surface area contributed by atoms with Gasteiger partial charge in [-0.1, -0.05) is 44.2 Å². The Kier molecular flexibility index (Phi) is 6.92. The fraction of sp³-hybridized carbons (Fsp3) is 0.529. The summed E-state index contributed by atoms with van der Waals surface area (Å²) in [5.74, 6) is -0.321. The standard InChI is InChI=1S/C17H25NO3/c1-4-18(11-10-17(20)21)16(19)12-15(13(2)3)14-8-6-5-7-9-14/h5-9,13,15H,4,10-12H2,1-3H3,(H,20,21). The second kappa shape index (κ2) is 8.45. The molecule has 21 heavy (non-hydrogen) atoms. The molecule has 0 radical (unpaired) electrons. The predicted molar refractivity (Wildman–Crippen MR) is 83.1 cm³/mol. The van der Waals surface area contributed by atoms with E-state index in [4.69, 9.17) is 5.11 Å². The maximum atomic E-state index is 12.4. The van der Waals surface area contributed by atoms with Crippen LogP contribution in [0.2, 0.25) is 0 Å². The first-order valence-corrected chi connectivity index (χ1v) is 7.50. The number of hydrogen-bond acceptors (Lipinski definition) is 2. The summed E-state index contributed by atoms with van der Waals surface area (Å²) in [6.07, 6.45) is 0.423. The van der Waals surface area contributed by atoms with Crippen LogP contribution in [-0.4, -0.2) is 35.0 Å². The Morgan fingerprint density at radius 2 is 1.81 bits per heavy atom. The van der Waals surface area contributed by atoms with Crippen LogP contribution in [0.4, 0.5) is 0 Å². The average Bonchev–Trinajstić information content (AvgIpc) is 2.45. The number of rotatable bonds is 8. The summed E-state index contributed by atoms with van der Waals surface area (Å²) in [7, 11) is 0. The third-order valence-corrected chi connectivity index (χ3v) is 3.76. The fourth-order valence-corrected chi connectivity index (χ4v) is 2.45. The largest absolute Gasteiger partial charge is 0.481 e. The lowest BCUT2D eigenvalue weighted by molar-refractivity contribution is -0.138. The topological polar surface area (TPSA) is 57.6 Å². The van der Waals surface area contributed by atoms with Gasteiger partial charge >= 0.3 is 5.97 Å². The number of carbonyl (C=O) groups is 2. The molecule has 1 rings (SSSR count). The maximum absolute atomic E-state index is 12.4. The van der Waals surface area contributed by atoms with Gasteiger partial charge in [0, 0.05) is 19.5 Å². The van der Waals surface area contributed by atoms with E-state index in [9.17, 15) is 9.59 Å². The number of amides is 1. The zero-order chi connectivity index (χ0) is 15.8. The van der Waals surface area contributed by atoms with Crippen LogP contribution in [-0.2, 0) is 9.59 Å². The molecular weight excluding hydrogens is 266 g/mol. The Labute approximate surface area is 126 Å². The molecule has 0 bridgehead atoms. The zero-order valence-corrected chi connectivity index (χ0v) is 13.1. The molecule has 0 saturated carbocycles. The van der Waals surface area contributed by atoms with E-state index >= 15 is 0 Å². The smallest absolute Gasteiger partial charge is 0.305 e. The van der Waals surface area contributed by atoms with Crippen molar-refractivity contribution in [2.24, 2.45) is 5.92 Å². The molecule has 0 spiro atoms. The molecule has 1 aromatic rings. The van der Waals surface area contributed by atoms with Gasteiger partial charge in [0.1, 0.15) is 0 Å². The van der Waals surface area contributed by atoms with Crippen molar-refractivity contribution in [2.45, 2.75) is 39.5 Å². The number of nitrogens with zero attached hydrogens (tertiary/aromatic N) is 1. The number of carboxylic acid groups (broad SMARTS) is 1. The molecule has 0 aliphatic carbocycles. The van der Waals surface area contributed by atoms with Gasteiger partial charge in [0.25, 0.3) is 0 Å². The van der Waals surface area contributed by atoms with Crippen LogP contribution in [0.1, 0.15) is 45.1 Å². The number of aliphatic carboxylic acids is 1. The molecule has 0 aliphatic rings. The van der Waals surface area contributed by atoms with Crippen LogP contribution in [0, 0.1) is 5.92 Å². The highest BCUT2D eigenvalue weighted by Crippen LogP contribution is 2.28. The number of benzene rings is 1. The summed E-state index contributed by atoms with van der Waals surface area (Å²) < 4.78 is 0. The van der Waals surface area contributed by atoms with E-state index in [-0.39, 0.29) is 24.8 Å². The van der Waals surface area contributed by atoms with Crippen molar-refractivity contribution in [3.63, 3.8) is 0 Å². The first-order chi connectivity index (χ1) is 9.95. The van der Waals surface area contributed by atoms with E-state index < -0.39 is 5.97 Å². The van der Waals surface area contributed by atoms with Crippen LogP contribution in [0.15, 0.2) is 30.3 Å². The van der Waals surface area contributed by atoms with E-state index in [1.54, 1.807) is 4.90 Å². The number of carbonyl (C=O) groups excluding carboxylic acids is 1. The molecular formula is C17H25NO3. The monoisotopic (exact) mass is 291 g/mol. The molecule has 1 unspecified atom stereocenters. The highest BCUT2D eigenvalue weighted by Gasteiger charge is 2.22. The van der Waals surface area contributed by atoms with Gasteiger partial charge in [-0.3, -0.25) is 9.59 Å². The fourth-order valence-electron chi connectivity index (χ4n) is 2.45. The molecule has 1 amide bonds. The molecule has 0 heterocycles. The van der Waals surface area contributed by atoms with E-state index in [1.165, 1.54) is 0 Å². The Balaban J connectivity index is 2.74. The third-order valence-electron chi connectivity index (χ3n) is 3.76. The van der Waals surface area contributed by atoms with Gasteiger partial charge < -0.3 is 10.0 Å². The lowest BCUT2D eigenvalue weighted by Gasteiger charge is -2.26. The molecule has 4 heteroatoms. The maximum Gasteiger partial charge on any atom is 0.305 e. The van der Waals surface area contributed by atoms with E-state index in [0.29, 0.717) is 18.9 Å². The molecule has 4 nitrogen and oxygen atoms in total. The Morgan fingerprint density at radius 1 is 1.19 bits per heavy atom. The summed E-state index contributed by atoms with van der Waals surface area (Å²) in [4.78, 5) is 24.7. The summed E-state index contributed by atoms with van der Waals surface area (Å²) in [5, 5.41) is 8.75. The summed E-state index contributed by atoms with van der Waals surface area (Å²) in [5.41, 5.74) is 1.16. The van der Waals surface area contributed by atoms with Crippen molar-refractivity contribution >= 4 is 11.9 Å². The van der Waals surface area contributed by atoms with Crippen LogP contribution < -0.4 is 0 Å². The minimum atomic E-state index is -0.871. The predicted octanol–water partition coefficient (Wildman–Crippen LogP) is 3.14. The third kappa shape index (κ3) is 5.58. The molecule has 0 fully saturated rings. The van der Waals surface area contributed by atoms with Crippen LogP contribution in [0.3, 0.4) is 0 Å². The molecule has 1 aromatic carbocycles. The van der Waals surface area contributed by atoms with Crippen molar-refractivity contribution in [1.29, 1.82) is 0 Å². The first kappa shape index (κ1) is 17.2. The van der Waals surface area contributed by atoms with Gasteiger partial charge in [-0.25, -0.2) is 0 Å². The summed E-state index contributed by atoms with van der Waals surface area (Å²) in [6, 6.07) is 10.0. The second-order valence-corrected chi connectivity index (χ2v) is 5.58. The lowest BCUT2D eigenvalue weighted by Crippen LogP contribution is -2.34. The van der Waals surface area contributed by atoms with Gasteiger partial charge in [0.05, 0.1) is 6.42 Å². The van der Waals surface area contributed by atoms with E-state index in [0.717, 1.165) is 5.56 Å². The molecule has 0 saturated heterocycles. The Bertz CT molecular complexity index is 456. The molecule has 116 valence electrons. The average molecular weight is 291 g/mol. The van der Waals surface area contributed by atoms with Crippen molar-refractivity contribution in [3.05, 3.63) is 35.9 Å². The highest BCUT2D eigenvalue weighted by molar-refractivity contribution is 5.78. The quantitative estimate of drug-likeness (QED) is 0.800. The highest BCUT2D eigenvalue weighted by atomic mass is 16.4. The Morgan fingerprint density at radius 3 is 2.29 bits per heavy atom. The van der Waals surface area contributed by atoms with Crippen LogP contribution in [0.5, 0.6) is 0 Å². The van der Waals surface area contributed by atoms with Crippen LogP contribution >= 0.6 is 0 Å². The molecule has 0 aliphatic heterocycles. The SMILES string of the molecule is CCN(CCC(=O)O)C(=O)CC(c1ccccc1)C(C)C. The zero-order valence-electron chi connectivity index (χ0n) is 13.1. The number of carboxylic acids is 1. The first-order valence-electron chi connectivity index (χ1n) is 7.50. The molecule has 1 N–H and O–H groups in total. The molecule has 1 atom stereocenters. The summed E-state index contributed by atoms with van der Waals surface area (Å²) in [6.45, 7) is 6.93. The van der Waals surface area contributed by atoms with Gasteiger partial charge in [-0.2, -0.15) is 0 Å². The van der Waals surface area contributed by atoms with Crippen molar-refractivity contribution < 1.29 is 14.7 Å². The minimum absolute atomic E-state index is 0.00272. The minimum Gasteiger partial charge on any atom is -0.481 e. The lowest BCUT2D eigenvalue weighted by atomic mass is 9.85. The summed E-state index contributed by atoms with van der Waals surface area (Å²) >= 11 is 0. The van der Waals surface area contributed by atoms with Crippen LogP contribution in [0.25, 0.3) is 0 Å². The van der Waals surface area contributed by atoms with Crippen molar-refractivity contribution in [1.82, 2.24) is 4.90 Å². The van der Waals surface area contributed by atoms with Gasteiger partial charge in [0.15, 0.2) is 0 Å². The normalized spacial score (nSPS) is 12.2. The number of hydrogen-bond donors (Lipinski definition) is 1. The second-order valence-electron chi connectivity index (χ2n) is 5.58. The van der Waals surface area contributed by atoms with E-state index in [1.807, 2.05) is 37.3 Å². The van der Waals surface area contributed by atoms with Crippen molar-refractivity contribution in [2.75, 3.05) is 13.1 Å². The van der Waals surface area contributed by atoms with Crippen molar-refractivity contribution in [3.8, 4) is 0 Å². The van der Waals surface area contributed by atoms with Gasteiger partial charge in [-0.15, -0.1) is 0 Å². The van der Waals surface area contributed by atoms with Gasteiger partial charge in [0.2, 0.25) is 5.91 Å². The Hall–Kier alpha value is -1.84. The van der Waals surface area contributed by atoms with E-state index in [2.05, 4.69) is 13.8 Å². The molecule has 0 aromatic heterocycles. The van der Waals surface area contributed by atoms with Gasteiger partial charge in [-0.05, 0) is 24.3 Å².